The van der Waals surface area contributed by atoms with Crippen molar-refractivity contribution in [1.29, 1.82) is 0 Å². The molecule has 4 saturated carbocycles. The van der Waals surface area contributed by atoms with Crippen molar-refractivity contribution in [2.45, 2.75) is 56.1 Å². The lowest BCUT2D eigenvalue weighted by Gasteiger charge is -2.70. The Kier molecular flexibility index (Phi) is 4.80. The predicted molar refractivity (Wildman–Crippen MR) is 103 cm³/mol. The highest BCUT2D eigenvalue weighted by molar-refractivity contribution is 6.30. The van der Waals surface area contributed by atoms with E-state index in [2.05, 4.69) is 22.9 Å². The molecule has 6 nitrogen and oxygen atoms in total. The van der Waals surface area contributed by atoms with E-state index in [9.17, 15) is 9.59 Å². The van der Waals surface area contributed by atoms with Gasteiger partial charge in [0.05, 0.1) is 6.54 Å². The molecule has 27 heavy (non-hydrogen) atoms. The summed E-state index contributed by atoms with van der Waals surface area (Å²) in [5.41, 5.74) is -0.283. The molecule has 0 radical (unpaired) electrons. The molecule has 146 valence electrons. The molecular formula is C20H26ClN3O3. The van der Waals surface area contributed by atoms with Gasteiger partial charge in [0.25, 0.3) is 5.91 Å². The fourth-order valence-electron chi connectivity index (χ4n) is 4.42. The van der Waals surface area contributed by atoms with Crippen molar-refractivity contribution in [3.05, 3.63) is 29.3 Å². The monoisotopic (exact) mass is 391 g/mol. The first kappa shape index (κ1) is 18.6. The van der Waals surface area contributed by atoms with E-state index >= 15 is 0 Å². The second-order valence-electron chi connectivity index (χ2n) is 8.44. The number of nitrogens with one attached hydrogen (secondary N) is 3. The molecule has 0 aliphatic heterocycles. The van der Waals surface area contributed by atoms with Crippen molar-refractivity contribution in [1.82, 2.24) is 16.0 Å². The Labute approximate surface area is 164 Å². The zero-order valence-electron chi connectivity index (χ0n) is 15.5. The van der Waals surface area contributed by atoms with Crippen LogP contribution in [0.25, 0.3) is 0 Å². The first-order valence-corrected chi connectivity index (χ1v) is 9.99. The number of carbonyl (C=O) groups excluding carboxylic acids is 2. The molecule has 4 aliphatic rings. The van der Waals surface area contributed by atoms with Gasteiger partial charge in [-0.05, 0) is 69.2 Å². The Bertz CT molecular complexity index is 713. The molecular weight excluding hydrogens is 366 g/mol. The maximum absolute atomic E-state index is 12.1. The quantitative estimate of drug-likeness (QED) is 0.601. The summed E-state index contributed by atoms with van der Waals surface area (Å²) in [6, 6.07) is 7.33. The zero-order valence-corrected chi connectivity index (χ0v) is 16.3. The van der Waals surface area contributed by atoms with Crippen LogP contribution in [-0.4, -0.2) is 42.1 Å². The van der Waals surface area contributed by atoms with Crippen LogP contribution in [0.4, 0.5) is 0 Å². The SMILES string of the molecule is C[C@@H](NCC(=O)NC12CC(NC(=O)COc3ccc(Cl)cc3)(C1)C2)C1CC1. The molecule has 4 fully saturated rings. The van der Waals surface area contributed by atoms with Crippen molar-refractivity contribution < 1.29 is 14.3 Å². The topological polar surface area (TPSA) is 79.5 Å². The largest absolute Gasteiger partial charge is 0.484 e. The number of halogens is 1. The molecule has 4 aliphatic carbocycles. The average Bonchev–Trinajstić information content (AvgIpc) is 3.41. The minimum atomic E-state index is -0.164. The average molecular weight is 392 g/mol. The van der Waals surface area contributed by atoms with Crippen LogP contribution in [0.1, 0.15) is 39.0 Å². The number of hydrogen-bond donors (Lipinski definition) is 3. The van der Waals surface area contributed by atoms with Crippen molar-refractivity contribution in [3.63, 3.8) is 0 Å². The predicted octanol–water partition coefficient (Wildman–Crippen LogP) is 2.01. The lowest BCUT2D eigenvalue weighted by Crippen LogP contribution is -2.84. The summed E-state index contributed by atoms with van der Waals surface area (Å²) in [5, 5.41) is 10.1. The number of amides is 2. The van der Waals surface area contributed by atoms with E-state index in [-0.39, 0.29) is 29.5 Å². The van der Waals surface area contributed by atoms with Crippen molar-refractivity contribution >= 4 is 23.4 Å². The van der Waals surface area contributed by atoms with E-state index < -0.39 is 0 Å². The van der Waals surface area contributed by atoms with Crippen LogP contribution in [0.5, 0.6) is 5.75 Å². The zero-order chi connectivity index (χ0) is 19.1. The van der Waals surface area contributed by atoms with Crippen LogP contribution in [0.3, 0.4) is 0 Å². The fraction of sp³-hybridized carbons (Fsp3) is 0.600. The Morgan fingerprint density at radius 1 is 1.11 bits per heavy atom. The van der Waals surface area contributed by atoms with E-state index in [1.165, 1.54) is 12.8 Å². The Morgan fingerprint density at radius 3 is 2.30 bits per heavy atom. The highest BCUT2D eigenvalue weighted by Crippen LogP contribution is 2.60. The minimum Gasteiger partial charge on any atom is -0.484 e. The Hall–Kier alpha value is -1.79. The first-order valence-electron chi connectivity index (χ1n) is 9.61. The minimum absolute atomic E-state index is 0.0221. The van der Waals surface area contributed by atoms with E-state index in [0.717, 1.165) is 25.2 Å². The molecule has 5 rings (SSSR count). The van der Waals surface area contributed by atoms with Crippen LogP contribution in [0.2, 0.25) is 5.02 Å². The lowest BCUT2D eigenvalue weighted by atomic mass is 9.44. The van der Waals surface area contributed by atoms with Gasteiger partial charge in [0.15, 0.2) is 6.61 Å². The van der Waals surface area contributed by atoms with Gasteiger partial charge in [-0.3, -0.25) is 9.59 Å². The summed E-state index contributed by atoms with van der Waals surface area (Å²) in [4.78, 5) is 24.3. The third kappa shape index (κ3) is 4.22. The number of hydrogen-bond acceptors (Lipinski definition) is 4. The van der Waals surface area contributed by atoms with Crippen LogP contribution in [0, 0.1) is 5.92 Å². The van der Waals surface area contributed by atoms with Gasteiger partial charge in [0.1, 0.15) is 5.75 Å². The summed E-state index contributed by atoms with van der Waals surface area (Å²) in [6.07, 6.45) is 4.94. The van der Waals surface area contributed by atoms with Gasteiger partial charge in [0, 0.05) is 22.1 Å². The summed E-state index contributed by atoms with van der Waals surface area (Å²) < 4.78 is 5.47. The van der Waals surface area contributed by atoms with Crippen molar-refractivity contribution in [3.8, 4) is 5.75 Å². The van der Waals surface area contributed by atoms with Gasteiger partial charge in [0.2, 0.25) is 5.91 Å². The van der Waals surface area contributed by atoms with Gasteiger partial charge in [-0.15, -0.1) is 0 Å². The number of carbonyl (C=O) groups is 2. The molecule has 1 aromatic rings. The first-order chi connectivity index (χ1) is 12.9. The molecule has 1 atom stereocenters. The van der Waals surface area contributed by atoms with Crippen molar-refractivity contribution in [2.75, 3.05) is 13.2 Å². The third-order valence-corrected chi connectivity index (χ3v) is 6.19. The number of rotatable bonds is 9. The lowest BCUT2D eigenvalue weighted by molar-refractivity contribution is -0.150. The van der Waals surface area contributed by atoms with E-state index in [1.54, 1.807) is 24.3 Å². The third-order valence-electron chi connectivity index (χ3n) is 5.94. The van der Waals surface area contributed by atoms with E-state index in [4.69, 9.17) is 16.3 Å². The molecule has 0 unspecified atom stereocenters. The standard InChI is InChI=1S/C20H26ClN3O3/c1-13(14-2-3-14)22-8-17(25)23-19-10-20(11-19,12-19)24-18(26)9-27-16-6-4-15(21)5-7-16/h4-7,13-14,22H,2-3,8-12H2,1H3,(H,23,25)(H,24,26)/t13-,19?,20?/m1/s1. The second kappa shape index (κ2) is 6.99. The Balaban J connectivity index is 1.14. The molecule has 0 saturated heterocycles. The van der Waals surface area contributed by atoms with Gasteiger partial charge >= 0.3 is 0 Å². The summed E-state index contributed by atoms with van der Waals surface area (Å²) >= 11 is 5.83. The van der Waals surface area contributed by atoms with Crippen LogP contribution < -0.4 is 20.7 Å². The molecule has 0 spiro atoms. The molecule has 2 bridgehead atoms. The molecule has 3 N–H and O–H groups in total. The molecule has 0 aromatic heterocycles. The smallest absolute Gasteiger partial charge is 0.258 e. The van der Waals surface area contributed by atoms with Crippen LogP contribution in [-0.2, 0) is 9.59 Å². The van der Waals surface area contributed by atoms with Crippen LogP contribution in [0.15, 0.2) is 24.3 Å². The normalized spacial score (nSPS) is 29.1. The Morgan fingerprint density at radius 2 is 1.70 bits per heavy atom. The molecule has 7 heteroatoms. The van der Waals surface area contributed by atoms with Gasteiger partial charge < -0.3 is 20.7 Å². The molecule has 2 amide bonds. The number of benzene rings is 1. The summed E-state index contributed by atoms with van der Waals surface area (Å²) in [5.74, 6) is 1.27. The maximum Gasteiger partial charge on any atom is 0.258 e. The highest BCUT2D eigenvalue weighted by atomic mass is 35.5. The van der Waals surface area contributed by atoms with Gasteiger partial charge in [-0.25, -0.2) is 0 Å². The van der Waals surface area contributed by atoms with Gasteiger partial charge in [-0.2, -0.15) is 0 Å². The second-order valence-corrected chi connectivity index (χ2v) is 8.87. The summed E-state index contributed by atoms with van der Waals surface area (Å²) in [6.45, 7) is 2.49. The van der Waals surface area contributed by atoms with Crippen LogP contribution >= 0.6 is 11.6 Å². The van der Waals surface area contributed by atoms with E-state index in [0.29, 0.717) is 23.4 Å². The number of ether oxygens (including phenoxy) is 1. The van der Waals surface area contributed by atoms with Crippen molar-refractivity contribution in [2.24, 2.45) is 5.92 Å². The maximum atomic E-state index is 12.1. The molecule has 0 heterocycles. The van der Waals surface area contributed by atoms with E-state index in [1.807, 2.05) is 0 Å². The molecule has 1 aromatic carbocycles. The fourth-order valence-corrected chi connectivity index (χ4v) is 4.55. The van der Waals surface area contributed by atoms with Gasteiger partial charge in [-0.1, -0.05) is 11.6 Å². The summed E-state index contributed by atoms with van der Waals surface area (Å²) in [7, 11) is 0. The highest BCUT2D eigenvalue weighted by Gasteiger charge is 2.69.